The first kappa shape index (κ1) is 119. The minimum Gasteiger partial charge on any atom is -0.460 e. The van der Waals surface area contributed by atoms with Crippen LogP contribution in [0.1, 0.15) is 154 Å². The summed E-state index contributed by atoms with van der Waals surface area (Å²) >= 11 is 0. The summed E-state index contributed by atoms with van der Waals surface area (Å²) in [7, 11) is 7.23. The van der Waals surface area contributed by atoms with Crippen molar-refractivity contribution in [3.63, 3.8) is 0 Å². The van der Waals surface area contributed by atoms with Gasteiger partial charge in [-0.1, -0.05) is 90.0 Å². The van der Waals surface area contributed by atoms with Crippen molar-refractivity contribution < 1.29 is 142 Å². The van der Waals surface area contributed by atoms with Crippen molar-refractivity contribution in [3.05, 3.63) is 202 Å². The van der Waals surface area contributed by atoms with Gasteiger partial charge in [-0.05, 0) is 105 Å². The number of hydrogen-bond donors (Lipinski definition) is 0. The van der Waals surface area contributed by atoms with E-state index in [-0.39, 0.29) is 262 Å². The standard InChI is InChI=1S/C106H124N6O30Si/c1-12-112(13-2)111-110-97-69-84(68-93(76-97)103(115)139-57-51-133-45-39-127-33-27-121-5)18-23-88-73-95(105(117)141-59-53-135-47-41-129-35-29-123-7)72-87(99(88)78-108)21-16-81-62-80(64-91(65-81)101(113)137-55-49-131-43-37-125-31-25-119-3)14-19-85-70-94(104(116)140-58-52-134-46-40-128-34-28-122-6)71-86(98(85)77-107)20-15-82-63-83(67-92(66-82)102(114)138-56-50-132-44-38-126-32-26-120-4)17-22-89-74-96(75-90(100(89)79-109)24-61-143(9,10)11)106(118)142-60-54-136-48-42-130-36-30-124-8/h62-76H,12-13,25-60H2,1-11H3. The predicted octanol–water partition coefficient (Wildman–Crippen LogP) is 9.89. The molecule has 6 aromatic rings. The van der Waals surface area contributed by atoms with Crippen LogP contribution < -0.4 is 0 Å². The van der Waals surface area contributed by atoms with Gasteiger partial charge in [-0.2, -0.15) is 15.8 Å². The van der Waals surface area contributed by atoms with Crippen molar-refractivity contribution in [2.45, 2.75) is 33.5 Å². The molecule has 0 heterocycles. The molecular weight excluding hydrogens is 1870 g/mol. The van der Waals surface area contributed by atoms with Crippen LogP contribution in [0, 0.1) is 105 Å². The molecule has 0 aliphatic carbocycles. The molecule has 0 fully saturated rings. The minimum absolute atomic E-state index is 0.00886. The summed E-state index contributed by atoms with van der Waals surface area (Å²) in [4.78, 5) is 84.9. The van der Waals surface area contributed by atoms with Crippen LogP contribution >= 0.6 is 0 Å². The lowest BCUT2D eigenvalue weighted by molar-refractivity contribution is 0.00552. The number of carbonyl (C=O) groups excluding carboxylic acids is 6. The third-order valence-corrected chi connectivity index (χ3v) is 19.7. The number of ether oxygens (including phenoxy) is 24. The number of rotatable bonds is 64. The summed E-state index contributed by atoms with van der Waals surface area (Å²) in [6.07, 6.45) is 0. The van der Waals surface area contributed by atoms with Gasteiger partial charge in [0.2, 0.25) is 0 Å². The van der Waals surface area contributed by atoms with Crippen LogP contribution in [0.4, 0.5) is 5.69 Å². The molecule has 0 spiro atoms. The molecule has 6 rings (SSSR count). The van der Waals surface area contributed by atoms with E-state index in [9.17, 15) is 44.6 Å². The Bertz CT molecular complexity index is 5630. The number of carbonyl (C=O) groups is 6. The summed E-state index contributed by atoms with van der Waals surface area (Å²) in [5.41, 5.74) is 3.79. The van der Waals surface area contributed by atoms with E-state index < -0.39 is 43.9 Å². The van der Waals surface area contributed by atoms with Crippen molar-refractivity contribution in [1.29, 1.82) is 15.8 Å². The third-order valence-electron chi connectivity index (χ3n) is 18.8. The van der Waals surface area contributed by atoms with Crippen LogP contribution in [0.15, 0.2) is 101 Å². The highest BCUT2D eigenvalue weighted by atomic mass is 28.3. The molecule has 0 aliphatic heterocycles. The molecule has 0 unspecified atom stereocenters. The van der Waals surface area contributed by atoms with Gasteiger partial charge in [0.05, 0.1) is 254 Å². The molecule has 0 saturated carbocycles. The quantitative estimate of drug-likeness (QED) is 0.00651. The molecule has 143 heavy (non-hydrogen) atoms. The predicted molar refractivity (Wildman–Crippen MR) is 523 cm³/mol. The first-order valence-electron chi connectivity index (χ1n) is 46.0. The van der Waals surface area contributed by atoms with Gasteiger partial charge >= 0.3 is 35.8 Å². The molecule has 0 bridgehead atoms. The Balaban J connectivity index is 1.57. The molecule has 0 amide bonds. The smallest absolute Gasteiger partial charge is 0.338 e. The first-order chi connectivity index (χ1) is 69.6. The number of esters is 6. The number of benzene rings is 6. The van der Waals surface area contributed by atoms with E-state index in [1.54, 1.807) is 53.7 Å². The number of methoxy groups -OCH3 is 6. The average molecular weight is 1990 g/mol. The second-order valence-corrected chi connectivity index (χ2v) is 35.5. The van der Waals surface area contributed by atoms with E-state index in [0.29, 0.717) is 106 Å². The Morgan fingerprint density at radius 2 is 0.441 bits per heavy atom. The lowest BCUT2D eigenvalue weighted by Gasteiger charge is -2.11. The summed E-state index contributed by atoms with van der Waals surface area (Å²) < 4.78 is 131. The zero-order chi connectivity index (χ0) is 103. The lowest BCUT2D eigenvalue weighted by atomic mass is 9.97. The Morgan fingerprint density at radius 1 is 0.252 bits per heavy atom. The van der Waals surface area contributed by atoms with Crippen LogP contribution in [0.25, 0.3) is 0 Å². The highest BCUT2D eigenvalue weighted by Crippen LogP contribution is 2.26. The fraction of sp³-hybridized carbons (Fsp3) is 0.462. The highest BCUT2D eigenvalue weighted by molar-refractivity contribution is 6.83. The maximum absolute atomic E-state index is 14.4. The van der Waals surface area contributed by atoms with Crippen LogP contribution in [0.3, 0.4) is 0 Å². The van der Waals surface area contributed by atoms with Crippen molar-refractivity contribution >= 4 is 49.6 Å². The molecular formula is C106H124N6O30Si. The molecule has 0 radical (unpaired) electrons. The second kappa shape index (κ2) is 72.2. The van der Waals surface area contributed by atoms with Gasteiger partial charge < -0.3 is 114 Å². The van der Waals surface area contributed by atoms with E-state index in [2.05, 4.69) is 99.2 Å². The average Bonchev–Trinajstić information content (AvgIpc) is 0.808. The molecule has 36 nitrogen and oxygen atoms in total. The van der Waals surface area contributed by atoms with E-state index in [1.807, 2.05) is 33.5 Å². The van der Waals surface area contributed by atoms with Gasteiger partial charge in [0.15, 0.2) is 0 Å². The molecule has 0 aromatic heterocycles. The molecule has 0 aliphatic rings. The monoisotopic (exact) mass is 1990 g/mol. The third kappa shape index (κ3) is 48.5. The lowest BCUT2D eigenvalue weighted by Crippen LogP contribution is -2.16. The highest BCUT2D eigenvalue weighted by Gasteiger charge is 2.22. The second-order valence-electron chi connectivity index (χ2n) is 30.7. The van der Waals surface area contributed by atoms with Gasteiger partial charge in [0.25, 0.3) is 0 Å². The molecule has 762 valence electrons. The van der Waals surface area contributed by atoms with Crippen molar-refractivity contribution in [2.75, 3.05) is 294 Å². The zero-order valence-electron chi connectivity index (χ0n) is 83.0. The van der Waals surface area contributed by atoms with Gasteiger partial charge in [-0.15, -0.1) is 10.7 Å². The number of nitriles is 3. The number of hydrogen-bond acceptors (Lipinski definition) is 35. The van der Waals surface area contributed by atoms with Gasteiger partial charge in [0.1, 0.15) is 65.9 Å². The molecule has 0 saturated heterocycles. The van der Waals surface area contributed by atoms with E-state index in [0.717, 1.165) is 0 Å². The van der Waals surface area contributed by atoms with Gasteiger partial charge in [0, 0.05) is 117 Å². The normalized spacial score (nSPS) is 10.7. The Labute approximate surface area is 837 Å². The number of nitrogens with zero attached hydrogens (tertiary/aromatic N) is 6. The van der Waals surface area contributed by atoms with Crippen LogP contribution in [0.2, 0.25) is 19.6 Å². The summed E-state index contributed by atoms with van der Waals surface area (Å²) in [5.74, 6) is 28.5. The molecule has 6 aromatic carbocycles. The summed E-state index contributed by atoms with van der Waals surface area (Å²) in [6, 6.07) is 28.0. The molecule has 0 N–H and O–H groups in total. The van der Waals surface area contributed by atoms with Crippen LogP contribution in [-0.2, 0) is 114 Å². The largest absolute Gasteiger partial charge is 0.460 e. The molecule has 0 atom stereocenters. The van der Waals surface area contributed by atoms with Gasteiger partial charge in [-0.3, -0.25) is 5.01 Å². The Kier molecular flexibility index (Phi) is 59.8. The van der Waals surface area contributed by atoms with Crippen LogP contribution in [-0.4, -0.2) is 342 Å². The first-order valence-corrected chi connectivity index (χ1v) is 49.5. The maximum Gasteiger partial charge on any atom is 0.338 e. The Hall–Kier alpha value is -13.1. The zero-order valence-corrected chi connectivity index (χ0v) is 84.0. The van der Waals surface area contributed by atoms with Crippen molar-refractivity contribution in [3.8, 4) is 88.9 Å². The summed E-state index contributed by atoms with van der Waals surface area (Å²) in [6.45, 7) is 17.0. The van der Waals surface area contributed by atoms with Crippen molar-refractivity contribution in [1.82, 2.24) is 5.01 Å². The van der Waals surface area contributed by atoms with Gasteiger partial charge in [-0.25, -0.2) is 28.8 Å². The SMILES string of the molecule is CCN(CC)N=Nc1cc(C#Cc2cc(C(=O)OCCOCCOCCOC)cc(C#Cc3cc(C#Cc4cc(C(=O)OCCOCCOCCOC)cc(C#Cc5cc(C#Cc6cc(C(=O)OCCOCCOCCOC)cc(C#C[Si](C)(C)C)c6C#N)cc(C(=O)OCCOCCOCCOC)c5)c4C#N)cc(C(=O)OCCOCCOCCOC)c3)c2C#N)cc(C(=O)OCCOCCOCCOC)c1. The fourth-order valence-electron chi connectivity index (χ4n) is 11.7. The van der Waals surface area contributed by atoms with Crippen LogP contribution in [0.5, 0.6) is 0 Å². The summed E-state index contributed by atoms with van der Waals surface area (Å²) in [5, 5.41) is 43.7. The topological polar surface area (TPSA) is 423 Å². The van der Waals surface area contributed by atoms with E-state index >= 15 is 0 Å². The van der Waals surface area contributed by atoms with Crippen molar-refractivity contribution in [2.24, 2.45) is 10.3 Å². The van der Waals surface area contributed by atoms with E-state index in [4.69, 9.17) is 114 Å². The van der Waals surface area contributed by atoms with E-state index in [1.165, 1.54) is 84.9 Å². The fourth-order valence-corrected chi connectivity index (χ4v) is 12.2. The Morgan fingerprint density at radius 3 is 0.643 bits per heavy atom. The maximum atomic E-state index is 14.4. The molecule has 37 heteroatoms. The minimum atomic E-state index is -2.10.